The van der Waals surface area contributed by atoms with Crippen LogP contribution < -0.4 is 11.2 Å². The quantitative estimate of drug-likeness (QED) is 0.553. The van der Waals surface area contributed by atoms with Gasteiger partial charge in [0.15, 0.2) is 30.1 Å². The molecule has 1 amide bonds. The summed E-state index contributed by atoms with van der Waals surface area (Å²) in [7, 11) is 0. The second-order valence-electron chi connectivity index (χ2n) is 6.68. The molecule has 26 heavy (non-hydrogen) atoms. The number of hydrogen-bond donors (Lipinski definition) is 4. The molecule has 142 valence electrons. The van der Waals surface area contributed by atoms with Crippen LogP contribution in [0.15, 0.2) is 12.7 Å². The molecule has 3 unspecified atom stereocenters. The van der Waals surface area contributed by atoms with Crippen molar-refractivity contribution >= 4 is 22.9 Å². The van der Waals surface area contributed by atoms with Gasteiger partial charge in [0.25, 0.3) is 0 Å². The van der Waals surface area contributed by atoms with Crippen LogP contribution in [0.3, 0.4) is 0 Å². The summed E-state index contributed by atoms with van der Waals surface area (Å²) in [5.74, 6) is 0.00728. The summed E-state index contributed by atoms with van der Waals surface area (Å²) in [5, 5.41) is 22.3. The fourth-order valence-corrected chi connectivity index (χ4v) is 3.01. The lowest BCUT2D eigenvalue weighted by Gasteiger charge is -2.45. The number of nitrogens with zero attached hydrogens (tertiary/aromatic N) is 5. The van der Waals surface area contributed by atoms with Gasteiger partial charge in [0.05, 0.1) is 6.33 Å². The minimum atomic E-state index is -1.37. The third-order valence-electron chi connectivity index (χ3n) is 4.12. The molecule has 1 aliphatic heterocycles. The number of aliphatic hydroxyl groups excluding tert-OH is 2. The molecule has 0 aliphatic carbocycles. The average Bonchev–Trinajstić information content (AvgIpc) is 2.99. The van der Waals surface area contributed by atoms with Gasteiger partial charge in [0.2, 0.25) is 5.91 Å². The number of hydrogen-bond acceptors (Lipinski definition) is 9. The normalized spacial score (nSPS) is 27.2. The number of nitrogens with one attached hydrogen (secondary N) is 1. The van der Waals surface area contributed by atoms with Gasteiger partial charge in [-0.15, -0.1) is 0 Å². The first-order valence-corrected chi connectivity index (χ1v) is 8.29. The Kier molecular flexibility index (Phi) is 5.05. The fraction of sp³-hybridized carbons (Fsp3) is 0.600. The van der Waals surface area contributed by atoms with Crippen molar-refractivity contribution in [1.82, 2.24) is 30.0 Å². The first-order chi connectivity index (χ1) is 12.3. The van der Waals surface area contributed by atoms with E-state index in [0.29, 0.717) is 17.6 Å². The Hall–Kier alpha value is -2.34. The maximum absolute atomic E-state index is 11.5. The van der Waals surface area contributed by atoms with Gasteiger partial charge in [-0.2, -0.15) is 5.01 Å². The van der Waals surface area contributed by atoms with Crippen LogP contribution in [0.25, 0.3) is 11.2 Å². The van der Waals surface area contributed by atoms with E-state index < -0.39 is 30.7 Å². The van der Waals surface area contributed by atoms with Gasteiger partial charge in [-0.25, -0.2) is 15.0 Å². The molecule has 1 fully saturated rings. The molecule has 0 aromatic carbocycles. The zero-order chi connectivity index (χ0) is 19.0. The fourth-order valence-electron chi connectivity index (χ4n) is 3.01. The standard InChI is InChI=1S/C15H23N7O4/c1-7(2)4-9-13(24)22(20-8(3)23)14(25)15(26-9)21-6-19-10-11(16)17-5-18-12(10)21/h5-7,9,13-15,24-25H,4H2,1-3H3,(H,20,23)(H2,16,17,18)/t9?,13?,14?,15-/m1/s1. The van der Waals surface area contributed by atoms with Crippen LogP contribution in [0.1, 0.15) is 33.4 Å². The van der Waals surface area contributed by atoms with Crippen LogP contribution >= 0.6 is 0 Å². The molecule has 1 aliphatic rings. The van der Waals surface area contributed by atoms with Crippen molar-refractivity contribution in [3.8, 4) is 0 Å². The van der Waals surface area contributed by atoms with E-state index in [2.05, 4.69) is 20.4 Å². The van der Waals surface area contributed by atoms with E-state index in [1.165, 1.54) is 24.1 Å². The van der Waals surface area contributed by atoms with Crippen LogP contribution in [0.2, 0.25) is 0 Å². The number of hydrazine groups is 1. The second kappa shape index (κ2) is 7.11. The molecule has 0 spiro atoms. The summed E-state index contributed by atoms with van der Waals surface area (Å²) >= 11 is 0. The number of anilines is 1. The van der Waals surface area contributed by atoms with Crippen molar-refractivity contribution in [3.63, 3.8) is 0 Å². The molecule has 2 aromatic heterocycles. The van der Waals surface area contributed by atoms with Gasteiger partial charge in [-0.3, -0.25) is 14.8 Å². The topological polar surface area (TPSA) is 152 Å². The van der Waals surface area contributed by atoms with Crippen LogP contribution in [0.5, 0.6) is 0 Å². The molecular formula is C15H23N7O4. The lowest BCUT2D eigenvalue weighted by atomic mass is 10.0. The lowest BCUT2D eigenvalue weighted by Crippen LogP contribution is -2.64. The summed E-state index contributed by atoms with van der Waals surface area (Å²) in [6.07, 6.45) is -0.950. The minimum Gasteiger partial charge on any atom is -0.382 e. The molecular weight excluding hydrogens is 342 g/mol. The van der Waals surface area contributed by atoms with Crippen molar-refractivity contribution in [3.05, 3.63) is 12.7 Å². The van der Waals surface area contributed by atoms with Gasteiger partial charge < -0.3 is 20.7 Å². The summed E-state index contributed by atoms with van der Waals surface area (Å²) < 4.78 is 7.46. The van der Waals surface area contributed by atoms with E-state index in [4.69, 9.17) is 10.5 Å². The Morgan fingerprint density at radius 2 is 2.08 bits per heavy atom. The number of aromatic nitrogens is 4. The third-order valence-corrected chi connectivity index (χ3v) is 4.12. The maximum Gasteiger partial charge on any atom is 0.231 e. The molecule has 4 atom stereocenters. The number of imidazole rings is 1. The first kappa shape index (κ1) is 18.5. The largest absolute Gasteiger partial charge is 0.382 e. The number of carbonyl (C=O) groups excluding carboxylic acids is 1. The van der Waals surface area contributed by atoms with Crippen LogP contribution in [-0.4, -0.2) is 59.2 Å². The molecule has 0 saturated carbocycles. The van der Waals surface area contributed by atoms with Gasteiger partial charge in [0.1, 0.15) is 17.9 Å². The predicted molar refractivity (Wildman–Crippen MR) is 90.8 cm³/mol. The van der Waals surface area contributed by atoms with Gasteiger partial charge in [-0.1, -0.05) is 13.8 Å². The Morgan fingerprint density at radius 3 is 2.73 bits per heavy atom. The third kappa shape index (κ3) is 3.33. The molecule has 11 nitrogen and oxygen atoms in total. The van der Waals surface area contributed by atoms with E-state index in [1.807, 2.05) is 13.8 Å². The van der Waals surface area contributed by atoms with Crippen LogP contribution in [-0.2, 0) is 9.53 Å². The molecule has 0 bridgehead atoms. The molecule has 3 rings (SSSR count). The summed E-state index contributed by atoms with van der Waals surface area (Å²) in [4.78, 5) is 23.7. The highest BCUT2D eigenvalue weighted by Gasteiger charge is 2.44. The lowest BCUT2D eigenvalue weighted by molar-refractivity contribution is -0.298. The number of carbonyl (C=O) groups is 1. The highest BCUT2D eigenvalue weighted by atomic mass is 16.6. The first-order valence-electron chi connectivity index (χ1n) is 8.29. The summed E-state index contributed by atoms with van der Waals surface area (Å²) in [6.45, 7) is 5.26. The number of fused-ring (bicyclic) bond motifs is 1. The smallest absolute Gasteiger partial charge is 0.231 e. The highest BCUT2D eigenvalue weighted by molar-refractivity contribution is 5.81. The Labute approximate surface area is 149 Å². The van der Waals surface area contributed by atoms with Crippen molar-refractivity contribution in [1.29, 1.82) is 0 Å². The molecule has 11 heteroatoms. The Balaban J connectivity index is 2.00. The number of nitrogens with two attached hydrogens (primary N) is 1. The molecule has 0 radical (unpaired) electrons. The summed E-state index contributed by atoms with van der Waals surface area (Å²) in [6, 6.07) is 0. The number of rotatable bonds is 4. The average molecular weight is 365 g/mol. The van der Waals surface area contributed by atoms with Crippen molar-refractivity contribution in [2.24, 2.45) is 5.92 Å². The van der Waals surface area contributed by atoms with Crippen molar-refractivity contribution < 1.29 is 19.7 Å². The van der Waals surface area contributed by atoms with Crippen LogP contribution in [0.4, 0.5) is 5.82 Å². The number of nitrogen functional groups attached to an aromatic ring is 1. The van der Waals surface area contributed by atoms with Crippen molar-refractivity contribution in [2.45, 2.75) is 52.0 Å². The van der Waals surface area contributed by atoms with Gasteiger partial charge in [0, 0.05) is 6.92 Å². The van der Waals surface area contributed by atoms with Gasteiger partial charge in [-0.05, 0) is 12.3 Å². The van der Waals surface area contributed by atoms with E-state index >= 15 is 0 Å². The molecule has 2 aromatic rings. The zero-order valence-electron chi connectivity index (χ0n) is 14.8. The Bertz CT molecular complexity index is 795. The minimum absolute atomic E-state index is 0.205. The van der Waals surface area contributed by atoms with Crippen molar-refractivity contribution in [2.75, 3.05) is 5.73 Å². The van der Waals surface area contributed by atoms with E-state index in [-0.39, 0.29) is 11.7 Å². The van der Waals surface area contributed by atoms with Gasteiger partial charge >= 0.3 is 0 Å². The maximum atomic E-state index is 11.5. The second-order valence-corrected chi connectivity index (χ2v) is 6.68. The predicted octanol–water partition coefficient (Wildman–Crippen LogP) is -0.658. The molecule has 3 heterocycles. The van der Waals surface area contributed by atoms with Crippen LogP contribution in [0, 0.1) is 5.92 Å². The van der Waals surface area contributed by atoms with E-state index in [9.17, 15) is 15.0 Å². The summed E-state index contributed by atoms with van der Waals surface area (Å²) in [5.41, 5.74) is 9.02. The number of morpholine rings is 1. The molecule has 1 saturated heterocycles. The number of ether oxygens (including phenoxy) is 1. The monoisotopic (exact) mass is 365 g/mol. The number of aliphatic hydroxyl groups is 2. The highest BCUT2D eigenvalue weighted by Crippen LogP contribution is 2.32. The Morgan fingerprint density at radius 1 is 1.35 bits per heavy atom. The number of amides is 1. The van der Waals surface area contributed by atoms with E-state index in [1.54, 1.807) is 0 Å². The van der Waals surface area contributed by atoms with E-state index in [0.717, 1.165) is 5.01 Å². The SMILES string of the molecule is CC(=O)NN1C(O)C(CC(C)C)O[C@@H](n2cnc3c(N)ncnc32)C1O. The molecule has 5 N–H and O–H groups in total. The zero-order valence-corrected chi connectivity index (χ0v) is 14.8.